The molecule has 2 N–H and O–H groups in total. The number of hydrogen-bond acceptors (Lipinski definition) is 4. The molecule has 0 aromatic rings. The predicted molar refractivity (Wildman–Crippen MR) is 93.9 cm³/mol. The summed E-state index contributed by atoms with van der Waals surface area (Å²) in [6.07, 6.45) is 3.06. The SMILES string of the molecule is CC(C)(C)OC(=O)NC(C)(C)C(=O)N1CCCC(C(=O)NC2CC2)C1. The van der Waals surface area contributed by atoms with E-state index in [0.29, 0.717) is 19.1 Å². The highest BCUT2D eigenvalue weighted by molar-refractivity contribution is 5.90. The van der Waals surface area contributed by atoms with Crippen molar-refractivity contribution in [3.05, 3.63) is 0 Å². The van der Waals surface area contributed by atoms with Gasteiger partial charge in [-0.05, 0) is 60.3 Å². The van der Waals surface area contributed by atoms with Gasteiger partial charge in [0.25, 0.3) is 0 Å². The summed E-state index contributed by atoms with van der Waals surface area (Å²) in [4.78, 5) is 38.8. The number of likely N-dealkylation sites (tertiary alicyclic amines) is 1. The highest BCUT2D eigenvalue weighted by atomic mass is 16.6. The van der Waals surface area contributed by atoms with E-state index in [9.17, 15) is 14.4 Å². The van der Waals surface area contributed by atoms with Gasteiger partial charge in [0.1, 0.15) is 11.1 Å². The van der Waals surface area contributed by atoms with E-state index in [4.69, 9.17) is 4.74 Å². The van der Waals surface area contributed by atoms with E-state index in [0.717, 1.165) is 25.7 Å². The van der Waals surface area contributed by atoms with E-state index >= 15 is 0 Å². The van der Waals surface area contributed by atoms with E-state index < -0.39 is 17.2 Å². The van der Waals surface area contributed by atoms with Crippen LogP contribution in [0.1, 0.15) is 60.3 Å². The topological polar surface area (TPSA) is 87.7 Å². The van der Waals surface area contributed by atoms with Gasteiger partial charge in [-0.3, -0.25) is 9.59 Å². The van der Waals surface area contributed by atoms with Crippen molar-refractivity contribution in [1.29, 1.82) is 0 Å². The summed E-state index contributed by atoms with van der Waals surface area (Å²) in [7, 11) is 0. The third-order valence-corrected chi connectivity index (χ3v) is 4.35. The van der Waals surface area contributed by atoms with Crippen molar-refractivity contribution in [2.75, 3.05) is 13.1 Å². The average Bonchev–Trinajstić information content (AvgIpc) is 3.27. The number of nitrogens with zero attached hydrogens (tertiary/aromatic N) is 1. The summed E-state index contributed by atoms with van der Waals surface area (Å²) in [5, 5.41) is 5.66. The zero-order valence-corrected chi connectivity index (χ0v) is 16.0. The van der Waals surface area contributed by atoms with Crippen LogP contribution in [0.15, 0.2) is 0 Å². The highest BCUT2D eigenvalue weighted by Gasteiger charge is 2.38. The van der Waals surface area contributed by atoms with Gasteiger partial charge in [-0.15, -0.1) is 0 Å². The lowest BCUT2D eigenvalue weighted by Crippen LogP contribution is -2.59. The zero-order chi connectivity index (χ0) is 18.8. The van der Waals surface area contributed by atoms with Crippen LogP contribution in [-0.4, -0.2) is 53.1 Å². The molecule has 1 heterocycles. The molecule has 3 amide bonds. The van der Waals surface area contributed by atoms with Gasteiger partial charge in [0.15, 0.2) is 0 Å². The summed E-state index contributed by atoms with van der Waals surface area (Å²) in [6, 6.07) is 0.323. The predicted octanol–water partition coefficient (Wildman–Crippen LogP) is 1.81. The summed E-state index contributed by atoms with van der Waals surface area (Å²) in [6.45, 7) is 9.64. The minimum absolute atomic E-state index is 0.0397. The maximum atomic E-state index is 12.8. The van der Waals surface area contributed by atoms with Crippen LogP contribution in [0, 0.1) is 5.92 Å². The number of ether oxygens (including phenoxy) is 1. The Morgan fingerprint density at radius 1 is 1.04 bits per heavy atom. The minimum atomic E-state index is -1.09. The van der Waals surface area contributed by atoms with E-state index in [1.165, 1.54) is 0 Å². The number of piperidine rings is 1. The van der Waals surface area contributed by atoms with Crippen LogP contribution in [0.2, 0.25) is 0 Å². The lowest BCUT2D eigenvalue weighted by atomic mass is 9.94. The number of carbonyl (C=O) groups excluding carboxylic acids is 3. The van der Waals surface area contributed by atoms with E-state index in [2.05, 4.69) is 10.6 Å². The molecule has 2 fully saturated rings. The molecule has 1 aliphatic carbocycles. The van der Waals surface area contributed by atoms with Gasteiger partial charge < -0.3 is 20.3 Å². The fourth-order valence-corrected chi connectivity index (χ4v) is 2.93. The van der Waals surface area contributed by atoms with Crippen molar-refractivity contribution in [3.63, 3.8) is 0 Å². The molecule has 1 saturated carbocycles. The zero-order valence-electron chi connectivity index (χ0n) is 16.0. The van der Waals surface area contributed by atoms with Crippen LogP contribution in [0.5, 0.6) is 0 Å². The molecule has 25 heavy (non-hydrogen) atoms. The molecular weight excluding hydrogens is 322 g/mol. The number of rotatable bonds is 4. The van der Waals surface area contributed by atoms with Crippen LogP contribution in [0.25, 0.3) is 0 Å². The van der Waals surface area contributed by atoms with Gasteiger partial charge in [0, 0.05) is 19.1 Å². The second-order valence-corrected chi connectivity index (χ2v) is 8.63. The first-order valence-corrected chi connectivity index (χ1v) is 9.09. The Kier molecular flexibility index (Phi) is 5.64. The second kappa shape index (κ2) is 7.22. The first kappa shape index (κ1) is 19.5. The molecule has 0 bridgehead atoms. The Bertz CT molecular complexity index is 535. The summed E-state index contributed by atoms with van der Waals surface area (Å²) in [5.41, 5.74) is -1.71. The van der Waals surface area contributed by atoms with Crippen molar-refractivity contribution in [1.82, 2.24) is 15.5 Å². The summed E-state index contributed by atoms with van der Waals surface area (Å²) in [5.74, 6) is -0.323. The Morgan fingerprint density at radius 2 is 1.68 bits per heavy atom. The molecule has 0 aromatic heterocycles. The molecule has 0 spiro atoms. The maximum absolute atomic E-state index is 12.8. The Morgan fingerprint density at radius 3 is 2.24 bits per heavy atom. The van der Waals surface area contributed by atoms with Crippen molar-refractivity contribution < 1.29 is 19.1 Å². The normalized spacial score (nSPS) is 21.5. The van der Waals surface area contributed by atoms with Gasteiger partial charge in [-0.1, -0.05) is 0 Å². The highest BCUT2D eigenvalue weighted by Crippen LogP contribution is 2.23. The maximum Gasteiger partial charge on any atom is 0.408 e. The smallest absolute Gasteiger partial charge is 0.408 e. The summed E-state index contributed by atoms with van der Waals surface area (Å²) < 4.78 is 5.24. The van der Waals surface area contributed by atoms with Crippen LogP contribution in [0.3, 0.4) is 0 Å². The average molecular weight is 353 g/mol. The van der Waals surface area contributed by atoms with Gasteiger partial charge >= 0.3 is 6.09 Å². The lowest BCUT2D eigenvalue weighted by Gasteiger charge is -2.37. The summed E-state index contributed by atoms with van der Waals surface area (Å²) >= 11 is 0. The monoisotopic (exact) mass is 353 g/mol. The van der Waals surface area contributed by atoms with Crippen molar-refractivity contribution in [2.45, 2.75) is 77.5 Å². The number of alkyl carbamates (subject to hydrolysis) is 1. The molecule has 142 valence electrons. The van der Waals surface area contributed by atoms with Crippen LogP contribution < -0.4 is 10.6 Å². The third-order valence-electron chi connectivity index (χ3n) is 4.35. The van der Waals surface area contributed by atoms with Gasteiger partial charge in [0.05, 0.1) is 5.92 Å². The fraction of sp³-hybridized carbons (Fsp3) is 0.833. The Balaban J connectivity index is 1.92. The van der Waals surface area contributed by atoms with Gasteiger partial charge in [0.2, 0.25) is 11.8 Å². The van der Waals surface area contributed by atoms with E-state index in [1.807, 2.05) is 0 Å². The van der Waals surface area contributed by atoms with Crippen LogP contribution >= 0.6 is 0 Å². The van der Waals surface area contributed by atoms with Gasteiger partial charge in [-0.25, -0.2) is 4.79 Å². The Hall–Kier alpha value is -1.79. The second-order valence-electron chi connectivity index (χ2n) is 8.63. The van der Waals surface area contributed by atoms with Gasteiger partial charge in [-0.2, -0.15) is 0 Å². The Labute approximate surface area is 149 Å². The molecule has 1 aliphatic heterocycles. The third kappa shape index (κ3) is 5.90. The standard InChI is InChI=1S/C18H31N3O4/c1-17(2,3)25-16(24)20-18(4,5)15(23)21-10-6-7-12(11-21)14(22)19-13-8-9-13/h12-13H,6-11H2,1-5H3,(H,19,22)(H,20,24). The van der Waals surface area contributed by atoms with Crippen LogP contribution in [-0.2, 0) is 14.3 Å². The first-order chi connectivity index (χ1) is 11.5. The molecule has 1 saturated heterocycles. The van der Waals surface area contributed by atoms with E-state index in [1.54, 1.807) is 39.5 Å². The van der Waals surface area contributed by atoms with Crippen molar-refractivity contribution in [2.24, 2.45) is 5.92 Å². The molecule has 1 unspecified atom stereocenters. The van der Waals surface area contributed by atoms with Crippen LogP contribution in [0.4, 0.5) is 4.79 Å². The molecule has 7 heteroatoms. The number of hydrogen-bond donors (Lipinski definition) is 2. The number of carbonyl (C=O) groups is 3. The van der Waals surface area contributed by atoms with E-state index in [-0.39, 0.29) is 17.7 Å². The minimum Gasteiger partial charge on any atom is -0.444 e. The molecule has 1 atom stereocenters. The lowest BCUT2D eigenvalue weighted by molar-refractivity contribution is -0.140. The fourth-order valence-electron chi connectivity index (χ4n) is 2.93. The molecule has 0 radical (unpaired) electrons. The first-order valence-electron chi connectivity index (χ1n) is 9.09. The number of amides is 3. The quantitative estimate of drug-likeness (QED) is 0.807. The molecular formula is C18H31N3O4. The molecule has 0 aromatic carbocycles. The molecule has 7 nitrogen and oxygen atoms in total. The molecule has 2 aliphatic rings. The van der Waals surface area contributed by atoms with Crippen molar-refractivity contribution in [3.8, 4) is 0 Å². The number of nitrogens with one attached hydrogen (secondary N) is 2. The largest absolute Gasteiger partial charge is 0.444 e. The molecule has 2 rings (SSSR count). The van der Waals surface area contributed by atoms with Crippen molar-refractivity contribution >= 4 is 17.9 Å².